The van der Waals surface area contributed by atoms with Gasteiger partial charge in [-0.25, -0.2) is 8.78 Å². The van der Waals surface area contributed by atoms with E-state index < -0.39 is 89.0 Å². The first-order chi connectivity index (χ1) is 15.9. The van der Waals surface area contributed by atoms with Crippen molar-refractivity contribution in [3.8, 4) is 0 Å². The maximum absolute atomic E-state index is 15.7. The van der Waals surface area contributed by atoms with E-state index in [1.54, 1.807) is 0 Å². The molecule has 0 aliphatic carbocycles. The first-order valence-electron chi connectivity index (χ1n) is 11.7. The molecule has 3 aliphatic rings. The molecule has 27 heavy (non-hydrogen) atoms. The number of benzene rings is 1. The Bertz CT molecular complexity index is 1190. The number of carbonyl (C=O) groups excluding carboxylic acids is 4. The lowest BCUT2D eigenvalue weighted by molar-refractivity contribution is -0.136. The molecule has 0 spiro atoms. The fourth-order valence-electron chi connectivity index (χ4n) is 3.08. The minimum atomic E-state index is -3.62. The monoisotopic (exact) mass is 386 g/mol. The van der Waals surface area contributed by atoms with Crippen LogP contribution in [0.25, 0.3) is 0 Å². The van der Waals surface area contributed by atoms with E-state index in [-0.39, 0.29) is 12.8 Å². The fraction of sp³-hybridized carbons (Fsp3) is 0.412. The summed E-state index contributed by atoms with van der Waals surface area (Å²) in [4.78, 5) is 49.2. The lowest BCUT2D eigenvalue weighted by atomic mass is 10.0. The lowest BCUT2D eigenvalue weighted by Gasteiger charge is -2.30. The van der Waals surface area contributed by atoms with E-state index in [0.29, 0.717) is 11.0 Å². The van der Waals surface area contributed by atoms with E-state index >= 15 is 8.78 Å². The quantitative estimate of drug-likeness (QED) is 0.682. The van der Waals surface area contributed by atoms with E-state index in [4.69, 9.17) is 11.0 Å². The summed E-state index contributed by atoms with van der Waals surface area (Å²) in [5.74, 6) is -8.17. The van der Waals surface area contributed by atoms with Gasteiger partial charge >= 0.3 is 0 Å². The molecule has 142 valence electrons. The van der Waals surface area contributed by atoms with Crippen molar-refractivity contribution in [1.82, 2.24) is 15.5 Å². The second kappa shape index (κ2) is 6.38. The van der Waals surface area contributed by atoms with Gasteiger partial charge in [-0.3, -0.25) is 29.4 Å². The number of carbonyl (C=O) groups is 4. The Hall–Kier alpha value is -2.88. The van der Waals surface area contributed by atoms with E-state index in [1.165, 1.54) is 5.32 Å². The predicted molar refractivity (Wildman–Crippen MR) is 88.1 cm³/mol. The molecule has 1 aromatic rings. The number of halogens is 2. The molecule has 0 aromatic heterocycles. The standard InChI is InChI=1S/C17H16F2N4O4/c18-9-7-8-12(13(19)14(9)22-5-3-20-4-6-22)17(27)23(16(8)26)10-1-2-11(24)21-15(10)25/h7,10,20H,1-6H2,(H,21,24,25)/i3D2,4D2,5D2,6D2. The zero-order valence-electron chi connectivity index (χ0n) is 21.4. The Morgan fingerprint density at radius 2 is 1.81 bits per heavy atom. The van der Waals surface area contributed by atoms with Crippen molar-refractivity contribution >= 4 is 29.3 Å². The number of imide groups is 2. The normalized spacial score (nSPS) is 34.8. The molecule has 3 aliphatic heterocycles. The highest BCUT2D eigenvalue weighted by Gasteiger charge is 2.47. The summed E-state index contributed by atoms with van der Waals surface area (Å²) < 4.78 is 94.3. The molecule has 2 N–H and O–H groups in total. The minimum Gasteiger partial charge on any atom is -0.364 e. The summed E-state index contributed by atoms with van der Waals surface area (Å²) in [5, 5.41) is 3.42. The van der Waals surface area contributed by atoms with Gasteiger partial charge in [0.15, 0.2) is 5.82 Å². The molecule has 1 unspecified atom stereocenters. The van der Waals surface area contributed by atoms with Crippen LogP contribution in [0.3, 0.4) is 0 Å². The zero-order valence-corrected chi connectivity index (χ0v) is 13.4. The smallest absolute Gasteiger partial charge is 0.265 e. The van der Waals surface area contributed by atoms with Crippen molar-refractivity contribution in [3.05, 3.63) is 28.8 Å². The number of piperidine rings is 1. The predicted octanol–water partition coefficient (Wildman–Crippen LogP) is -0.224. The molecule has 1 atom stereocenters. The SMILES string of the molecule is [2H]C1([2H])NC([2H])([2H])C([2H])([2H])N(c2c(F)cc3c(c2F)C(=O)N(C2CCC(=O)NC2=O)C3=O)C1([2H])[2H]. The maximum atomic E-state index is 15.7. The van der Waals surface area contributed by atoms with Crippen LogP contribution in [0.5, 0.6) is 0 Å². The zero-order chi connectivity index (χ0) is 26.5. The van der Waals surface area contributed by atoms with E-state index in [9.17, 15) is 19.2 Å². The number of rotatable bonds is 2. The van der Waals surface area contributed by atoms with Crippen LogP contribution in [0.2, 0.25) is 0 Å². The Labute approximate surface area is 163 Å². The van der Waals surface area contributed by atoms with Crippen LogP contribution in [0, 0.1) is 11.6 Å². The van der Waals surface area contributed by atoms with Crippen molar-refractivity contribution in [3.63, 3.8) is 0 Å². The number of nitrogens with one attached hydrogen (secondary N) is 2. The van der Waals surface area contributed by atoms with Crippen LogP contribution < -0.4 is 15.5 Å². The highest BCUT2D eigenvalue weighted by molar-refractivity contribution is 6.24. The van der Waals surface area contributed by atoms with Gasteiger partial charge in [-0.15, -0.1) is 0 Å². The highest BCUT2D eigenvalue weighted by atomic mass is 19.1. The summed E-state index contributed by atoms with van der Waals surface area (Å²) in [5.41, 5.74) is -3.62. The van der Waals surface area contributed by atoms with Crippen molar-refractivity contribution in [2.24, 2.45) is 0 Å². The van der Waals surface area contributed by atoms with Gasteiger partial charge < -0.3 is 10.2 Å². The third kappa shape index (κ3) is 2.67. The molecule has 4 amide bonds. The third-order valence-corrected chi connectivity index (χ3v) is 4.28. The molecular formula is C17H16F2N4O4. The lowest BCUT2D eigenvalue weighted by Crippen LogP contribution is -2.54. The van der Waals surface area contributed by atoms with Crippen molar-refractivity contribution < 1.29 is 38.9 Å². The summed E-state index contributed by atoms with van der Waals surface area (Å²) in [6.45, 7) is -14.0. The second-order valence-corrected chi connectivity index (χ2v) is 5.82. The highest BCUT2D eigenvalue weighted by Crippen LogP contribution is 2.35. The number of hydrogen-bond donors (Lipinski definition) is 2. The van der Waals surface area contributed by atoms with Gasteiger partial charge in [-0.1, -0.05) is 0 Å². The Balaban J connectivity index is 1.90. The van der Waals surface area contributed by atoms with Crippen LogP contribution in [0.4, 0.5) is 14.5 Å². The van der Waals surface area contributed by atoms with E-state index in [1.807, 2.05) is 5.32 Å². The fourth-order valence-corrected chi connectivity index (χ4v) is 3.08. The van der Waals surface area contributed by atoms with Gasteiger partial charge in [0.05, 0.1) is 16.6 Å². The second-order valence-electron chi connectivity index (χ2n) is 5.82. The van der Waals surface area contributed by atoms with Crippen LogP contribution in [0.15, 0.2) is 6.07 Å². The molecule has 0 saturated carbocycles. The molecule has 2 fully saturated rings. The molecule has 3 heterocycles. The summed E-state index contributed by atoms with van der Waals surface area (Å²) in [7, 11) is 0. The molecule has 0 radical (unpaired) electrons. The number of piperazine rings is 1. The first-order valence-corrected chi connectivity index (χ1v) is 7.70. The number of amides is 4. The van der Waals surface area contributed by atoms with Crippen LogP contribution in [-0.4, -0.2) is 60.6 Å². The molecule has 4 rings (SSSR count). The van der Waals surface area contributed by atoms with Gasteiger partial charge in [0, 0.05) is 37.9 Å². The number of hydrogen-bond acceptors (Lipinski definition) is 6. The van der Waals surface area contributed by atoms with Gasteiger partial charge in [0.25, 0.3) is 11.8 Å². The van der Waals surface area contributed by atoms with Gasteiger partial charge in [0.1, 0.15) is 17.5 Å². The van der Waals surface area contributed by atoms with Crippen LogP contribution >= 0.6 is 0 Å². The molecule has 0 bridgehead atoms. The molecule has 8 nitrogen and oxygen atoms in total. The van der Waals surface area contributed by atoms with Gasteiger partial charge in [-0.05, 0) is 12.5 Å². The van der Waals surface area contributed by atoms with E-state index in [0.717, 1.165) is 0 Å². The molecule has 1 aromatic carbocycles. The maximum Gasteiger partial charge on any atom is 0.265 e. The largest absolute Gasteiger partial charge is 0.364 e. The number of anilines is 1. The topological polar surface area (TPSA) is 98.8 Å². The van der Waals surface area contributed by atoms with Crippen LogP contribution in [0.1, 0.15) is 44.5 Å². The average Bonchev–Trinajstić information content (AvgIpc) is 2.93. The van der Waals surface area contributed by atoms with Crippen molar-refractivity contribution in [1.29, 1.82) is 0 Å². The van der Waals surface area contributed by atoms with Crippen LogP contribution in [-0.2, 0) is 9.59 Å². The molecular weight excluding hydrogens is 362 g/mol. The number of fused-ring (bicyclic) bond motifs is 1. The van der Waals surface area contributed by atoms with Crippen molar-refractivity contribution in [2.75, 3.05) is 30.9 Å². The van der Waals surface area contributed by atoms with Crippen molar-refractivity contribution in [2.45, 2.75) is 18.9 Å². The average molecular weight is 386 g/mol. The molecule has 10 heteroatoms. The van der Waals surface area contributed by atoms with E-state index in [2.05, 4.69) is 0 Å². The van der Waals surface area contributed by atoms with Gasteiger partial charge in [-0.2, -0.15) is 0 Å². The summed E-state index contributed by atoms with van der Waals surface area (Å²) >= 11 is 0. The summed E-state index contributed by atoms with van der Waals surface area (Å²) in [6, 6.07) is -1.23. The van der Waals surface area contributed by atoms with Gasteiger partial charge in [0.2, 0.25) is 11.8 Å². The number of nitrogens with zero attached hydrogens (tertiary/aromatic N) is 2. The first kappa shape index (κ1) is 10.5. The molecule has 2 saturated heterocycles. The Morgan fingerprint density at radius 3 is 2.48 bits per heavy atom. The minimum absolute atomic E-state index is 0.253. The summed E-state index contributed by atoms with van der Waals surface area (Å²) in [6.07, 6.45) is -0.548. The third-order valence-electron chi connectivity index (χ3n) is 4.28. The Morgan fingerprint density at radius 1 is 1.11 bits per heavy atom. The Kier molecular flexibility index (Phi) is 2.47.